The third-order valence-corrected chi connectivity index (χ3v) is 1.03. The van der Waals surface area contributed by atoms with Crippen LogP contribution in [0.4, 0.5) is 4.79 Å². The van der Waals surface area contributed by atoms with Gasteiger partial charge in [0, 0.05) is 0 Å². The molecular formula is C4H6N2O3. The van der Waals surface area contributed by atoms with Crippen LogP contribution >= 0.6 is 0 Å². The Labute approximate surface area is 51.0 Å². The molecule has 0 bridgehead atoms. The van der Waals surface area contributed by atoms with E-state index in [0.29, 0.717) is 0 Å². The number of aliphatic hydroxyl groups is 1. The van der Waals surface area contributed by atoms with E-state index < -0.39 is 17.7 Å². The molecule has 0 aromatic heterocycles. The van der Waals surface area contributed by atoms with Crippen molar-refractivity contribution in [3.8, 4) is 0 Å². The molecule has 0 radical (unpaired) electrons. The Bertz CT molecular complexity index is 175. The van der Waals surface area contributed by atoms with Crippen LogP contribution in [0.1, 0.15) is 6.92 Å². The van der Waals surface area contributed by atoms with Crippen LogP contribution in [0, 0.1) is 0 Å². The molecule has 1 heterocycles. The van der Waals surface area contributed by atoms with Crippen LogP contribution < -0.4 is 10.6 Å². The second-order valence-electron chi connectivity index (χ2n) is 1.98. The van der Waals surface area contributed by atoms with Gasteiger partial charge in [-0.1, -0.05) is 0 Å². The van der Waals surface area contributed by atoms with E-state index in [-0.39, 0.29) is 0 Å². The van der Waals surface area contributed by atoms with Gasteiger partial charge in [-0.15, -0.1) is 0 Å². The maximum atomic E-state index is 10.5. The number of urea groups is 1. The molecule has 1 fully saturated rings. The fourth-order valence-corrected chi connectivity index (χ4v) is 0.534. The zero-order valence-corrected chi connectivity index (χ0v) is 4.76. The molecule has 3 N–H and O–H groups in total. The van der Waals surface area contributed by atoms with Crippen LogP contribution in [0.5, 0.6) is 0 Å². The van der Waals surface area contributed by atoms with Gasteiger partial charge in [0.05, 0.1) is 0 Å². The number of imide groups is 1. The molecule has 0 aliphatic carbocycles. The zero-order chi connectivity index (χ0) is 7.07. The molecule has 1 rings (SSSR count). The van der Waals surface area contributed by atoms with Crippen molar-refractivity contribution in [2.75, 3.05) is 0 Å². The fourth-order valence-electron chi connectivity index (χ4n) is 0.534. The number of nitrogens with one attached hydrogen (secondary N) is 2. The highest BCUT2D eigenvalue weighted by Crippen LogP contribution is 2.02. The van der Waals surface area contributed by atoms with Crippen LogP contribution in [0.15, 0.2) is 0 Å². The van der Waals surface area contributed by atoms with Crippen molar-refractivity contribution in [2.24, 2.45) is 0 Å². The molecule has 0 unspecified atom stereocenters. The van der Waals surface area contributed by atoms with Gasteiger partial charge in [0.1, 0.15) is 0 Å². The highest BCUT2D eigenvalue weighted by Gasteiger charge is 2.39. The second kappa shape index (κ2) is 1.44. The molecule has 0 aromatic rings. The molecule has 0 saturated carbocycles. The standard InChI is InChI=1S/C4H6N2O3/c1-4(9)2(7)5-3(8)6-4/h9H,1H3,(H2,5,6,7,8)/t4-/m1/s1. The number of hydrogen-bond acceptors (Lipinski definition) is 3. The minimum Gasteiger partial charge on any atom is -0.363 e. The Balaban J connectivity index is 2.81. The van der Waals surface area contributed by atoms with E-state index in [0.717, 1.165) is 0 Å². The smallest absolute Gasteiger partial charge is 0.324 e. The van der Waals surface area contributed by atoms with Crippen molar-refractivity contribution in [1.82, 2.24) is 10.6 Å². The molecule has 1 aliphatic heterocycles. The van der Waals surface area contributed by atoms with Crippen molar-refractivity contribution in [2.45, 2.75) is 12.6 Å². The quantitative estimate of drug-likeness (QED) is 0.350. The Morgan fingerprint density at radius 1 is 1.56 bits per heavy atom. The molecule has 0 spiro atoms. The van der Waals surface area contributed by atoms with E-state index in [4.69, 9.17) is 5.11 Å². The van der Waals surface area contributed by atoms with Crippen molar-refractivity contribution >= 4 is 11.9 Å². The Hall–Kier alpha value is -1.10. The summed E-state index contributed by atoms with van der Waals surface area (Å²) in [4.78, 5) is 20.7. The van der Waals surface area contributed by atoms with Gasteiger partial charge >= 0.3 is 6.03 Å². The van der Waals surface area contributed by atoms with Gasteiger partial charge in [0.25, 0.3) is 5.91 Å². The normalized spacial score (nSPS) is 34.0. The Morgan fingerprint density at radius 3 is 2.22 bits per heavy atom. The lowest BCUT2D eigenvalue weighted by Gasteiger charge is -2.09. The first-order chi connectivity index (χ1) is 4.02. The Morgan fingerprint density at radius 2 is 2.11 bits per heavy atom. The summed E-state index contributed by atoms with van der Waals surface area (Å²) in [6.07, 6.45) is 0. The Kier molecular flexibility index (Phi) is 0.967. The van der Waals surface area contributed by atoms with Crippen LogP contribution in [-0.4, -0.2) is 22.8 Å². The molecule has 3 amide bonds. The van der Waals surface area contributed by atoms with E-state index in [1.807, 2.05) is 10.6 Å². The average Bonchev–Trinajstić information content (AvgIpc) is 1.79. The predicted octanol–water partition coefficient (Wildman–Crippen LogP) is -1.47. The van der Waals surface area contributed by atoms with Crippen LogP contribution in [0.2, 0.25) is 0 Å². The molecule has 5 heteroatoms. The molecule has 50 valence electrons. The van der Waals surface area contributed by atoms with Crippen LogP contribution in [-0.2, 0) is 4.79 Å². The highest BCUT2D eigenvalue weighted by molar-refractivity contribution is 6.05. The summed E-state index contributed by atoms with van der Waals surface area (Å²) in [5.74, 6) is -0.715. The lowest BCUT2D eigenvalue weighted by molar-refractivity contribution is -0.134. The first-order valence-corrected chi connectivity index (χ1v) is 2.38. The van der Waals surface area contributed by atoms with E-state index >= 15 is 0 Å². The highest BCUT2D eigenvalue weighted by atomic mass is 16.3. The van der Waals surface area contributed by atoms with E-state index in [9.17, 15) is 9.59 Å². The van der Waals surface area contributed by atoms with Gasteiger partial charge in [0.2, 0.25) is 5.72 Å². The molecule has 1 saturated heterocycles. The van der Waals surface area contributed by atoms with Gasteiger partial charge in [-0.3, -0.25) is 10.1 Å². The maximum absolute atomic E-state index is 10.5. The number of rotatable bonds is 0. The monoisotopic (exact) mass is 130 g/mol. The third-order valence-electron chi connectivity index (χ3n) is 1.03. The van der Waals surface area contributed by atoms with E-state index in [1.54, 1.807) is 0 Å². The zero-order valence-electron chi connectivity index (χ0n) is 4.76. The van der Waals surface area contributed by atoms with E-state index in [1.165, 1.54) is 6.92 Å². The first-order valence-electron chi connectivity index (χ1n) is 2.38. The van der Waals surface area contributed by atoms with Crippen LogP contribution in [0.25, 0.3) is 0 Å². The summed E-state index contributed by atoms with van der Waals surface area (Å²) in [5, 5.41) is 12.8. The first kappa shape index (κ1) is 6.03. The van der Waals surface area contributed by atoms with E-state index in [2.05, 4.69) is 0 Å². The largest absolute Gasteiger partial charge is 0.363 e. The number of amides is 3. The topological polar surface area (TPSA) is 78.4 Å². The minimum atomic E-state index is -1.73. The minimum absolute atomic E-state index is 0.662. The number of hydrogen-bond donors (Lipinski definition) is 3. The van der Waals surface area contributed by atoms with Crippen molar-refractivity contribution in [3.05, 3.63) is 0 Å². The molecule has 5 nitrogen and oxygen atoms in total. The lowest BCUT2D eigenvalue weighted by atomic mass is 10.3. The second-order valence-corrected chi connectivity index (χ2v) is 1.98. The SMILES string of the molecule is C[C@]1(O)NC(=O)NC1=O. The molecule has 0 aromatic carbocycles. The van der Waals surface area contributed by atoms with Crippen LogP contribution in [0.3, 0.4) is 0 Å². The van der Waals surface area contributed by atoms with Crippen molar-refractivity contribution in [1.29, 1.82) is 0 Å². The van der Waals surface area contributed by atoms with Gasteiger partial charge in [-0.25, -0.2) is 4.79 Å². The van der Waals surface area contributed by atoms with Gasteiger partial charge in [0.15, 0.2) is 0 Å². The lowest BCUT2D eigenvalue weighted by Crippen LogP contribution is -2.43. The summed E-state index contributed by atoms with van der Waals surface area (Å²) in [7, 11) is 0. The third kappa shape index (κ3) is 0.857. The average molecular weight is 130 g/mol. The maximum Gasteiger partial charge on any atom is 0.324 e. The van der Waals surface area contributed by atoms with Gasteiger partial charge < -0.3 is 10.4 Å². The summed E-state index contributed by atoms with van der Waals surface area (Å²) in [5.41, 5.74) is -1.73. The molecule has 1 atom stereocenters. The molecular weight excluding hydrogens is 124 g/mol. The van der Waals surface area contributed by atoms with Crippen molar-refractivity contribution < 1.29 is 14.7 Å². The van der Waals surface area contributed by atoms with Gasteiger partial charge in [-0.2, -0.15) is 0 Å². The summed E-state index contributed by atoms with van der Waals surface area (Å²) >= 11 is 0. The summed E-state index contributed by atoms with van der Waals surface area (Å²) in [6.45, 7) is 1.20. The van der Waals surface area contributed by atoms with Gasteiger partial charge in [-0.05, 0) is 6.92 Å². The molecule has 9 heavy (non-hydrogen) atoms. The van der Waals surface area contributed by atoms with Crippen molar-refractivity contribution in [3.63, 3.8) is 0 Å². The predicted molar refractivity (Wildman–Crippen MR) is 27.3 cm³/mol. The summed E-state index contributed by atoms with van der Waals surface area (Å²) in [6, 6.07) is -0.662. The number of carbonyl (C=O) groups is 2. The fraction of sp³-hybridized carbons (Fsp3) is 0.500. The summed E-state index contributed by atoms with van der Waals surface area (Å²) < 4.78 is 0. The molecule has 1 aliphatic rings. The number of carbonyl (C=O) groups excluding carboxylic acids is 2.